The fourth-order valence-electron chi connectivity index (χ4n) is 2.78. The Balaban J connectivity index is 2.01. The maximum absolute atomic E-state index is 2.26. The normalized spacial score (nSPS) is 11.7. The van der Waals surface area contributed by atoms with Crippen LogP contribution in [0.2, 0.25) is 0 Å². The molecule has 3 rings (SSSR count). The average Bonchev–Trinajstić information content (AvgIpc) is 2.48. The van der Waals surface area contributed by atoms with Gasteiger partial charge in [-0.15, -0.1) is 0 Å². The van der Waals surface area contributed by atoms with E-state index in [0.29, 0.717) is 0 Å². The highest BCUT2D eigenvalue weighted by Crippen LogP contribution is 2.25. The Labute approximate surface area is 120 Å². The summed E-state index contributed by atoms with van der Waals surface area (Å²) in [5, 5.41) is 2.68. The van der Waals surface area contributed by atoms with Crippen molar-refractivity contribution in [1.82, 2.24) is 4.48 Å². The van der Waals surface area contributed by atoms with Gasteiger partial charge < -0.3 is 0 Å². The van der Waals surface area contributed by atoms with Crippen LogP contribution in [0.5, 0.6) is 0 Å². The van der Waals surface area contributed by atoms with Gasteiger partial charge in [-0.05, 0) is 22.9 Å². The predicted molar refractivity (Wildman–Crippen MR) is 87.7 cm³/mol. The van der Waals surface area contributed by atoms with Gasteiger partial charge in [0.15, 0.2) is 0 Å². The number of para-hydroxylation sites is 1. The van der Waals surface area contributed by atoms with Gasteiger partial charge in [-0.2, -0.15) is 0 Å². The highest BCUT2D eigenvalue weighted by Gasteiger charge is 2.20. The minimum atomic E-state index is 0.856. The Morgan fingerprint density at radius 1 is 0.700 bits per heavy atom. The molecule has 3 aromatic carbocycles. The molecule has 100 valence electrons. The van der Waals surface area contributed by atoms with Crippen molar-refractivity contribution < 1.29 is 0 Å². The first-order valence-electron chi connectivity index (χ1n) is 7.02. The Kier molecular flexibility index (Phi) is 3.29. The fraction of sp³-hybridized carbons (Fsp3) is 0.158. The van der Waals surface area contributed by atoms with Crippen LogP contribution in [0.25, 0.3) is 10.8 Å². The summed E-state index contributed by atoms with van der Waals surface area (Å²) in [6.45, 7) is 0.991. The molecule has 3 aromatic rings. The molecule has 0 aliphatic rings. The van der Waals surface area contributed by atoms with Crippen LogP contribution in [0.15, 0.2) is 72.8 Å². The zero-order valence-electron chi connectivity index (χ0n) is 12.1. The number of rotatable bonds is 3. The Bertz CT molecular complexity index is 709. The Morgan fingerprint density at radius 2 is 1.35 bits per heavy atom. The zero-order valence-corrected chi connectivity index (χ0v) is 12.1. The van der Waals surface area contributed by atoms with E-state index in [1.165, 1.54) is 22.0 Å². The smallest absolute Gasteiger partial charge is 0.132 e. The second-order valence-corrected chi connectivity index (χ2v) is 5.82. The summed E-state index contributed by atoms with van der Waals surface area (Å²) in [4.78, 5) is 0. The van der Waals surface area contributed by atoms with Crippen molar-refractivity contribution in [2.75, 3.05) is 14.1 Å². The summed E-state index contributed by atoms with van der Waals surface area (Å²) in [5.74, 6) is 0. The maximum Gasteiger partial charge on any atom is 0.132 e. The van der Waals surface area contributed by atoms with E-state index in [2.05, 4.69) is 86.9 Å². The molecular weight excluding hydrogens is 242 g/mol. The van der Waals surface area contributed by atoms with Crippen molar-refractivity contribution in [2.24, 2.45) is 0 Å². The molecule has 0 fully saturated rings. The van der Waals surface area contributed by atoms with Gasteiger partial charge >= 0.3 is 0 Å². The van der Waals surface area contributed by atoms with E-state index in [0.717, 1.165) is 11.0 Å². The standard InChI is InChI=1S/C19H20N/c1-20(2,18-12-4-3-5-13-18)15-17-11-8-10-16-9-6-7-14-19(16)17/h3-14H,15H2,1-2H3/q+1. The van der Waals surface area contributed by atoms with Crippen LogP contribution in [-0.2, 0) is 6.54 Å². The molecule has 0 saturated heterocycles. The summed E-state index contributed by atoms with van der Waals surface area (Å²) < 4.78 is 0.856. The minimum Gasteiger partial charge on any atom is -0.292 e. The van der Waals surface area contributed by atoms with Crippen LogP contribution in [0, 0.1) is 0 Å². The van der Waals surface area contributed by atoms with Crippen molar-refractivity contribution >= 4 is 16.5 Å². The number of fused-ring (bicyclic) bond motifs is 1. The topological polar surface area (TPSA) is 0 Å². The third kappa shape index (κ3) is 2.45. The van der Waals surface area contributed by atoms with Gasteiger partial charge in [0.25, 0.3) is 0 Å². The molecule has 0 aliphatic heterocycles. The van der Waals surface area contributed by atoms with Gasteiger partial charge in [0, 0.05) is 5.56 Å². The van der Waals surface area contributed by atoms with Gasteiger partial charge in [-0.25, -0.2) is 0 Å². The number of hydrogen-bond acceptors (Lipinski definition) is 0. The van der Waals surface area contributed by atoms with Crippen molar-refractivity contribution in [3.8, 4) is 0 Å². The van der Waals surface area contributed by atoms with E-state index in [1.807, 2.05) is 0 Å². The Morgan fingerprint density at radius 3 is 2.15 bits per heavy atom. The lowest BCUT2D eigenvalue weighted by Crippen LogP contribution is -2.39. The van der Waals surface area contributed by atoms with Crippen LogP contribution < -0.4 is 4.48 Å². The van der Waals surface area contributed by atoms with Crippen molar-refractivity contribution in [3.05, 3.63) is 78.4 Å². The van der Waals surface area contributed by atoms with Crippen molar-refractivity contribution in [2.45, 2.75) is 6.54 Å². The first kappa shape index (κ1) is 12.9. The largest absolute Gasteiger partial charge is 0.292 e. The summed E-state index contributed by atoms with van der Waals surface area (Å²) >= 11 is 0. The molecule has 1 nitrogen and oxygen atoms in total. The first-order valence-corrected chi connectivity index (χ1v) is 7.02. The Hall–Kier alpha value is -2.12. The van der Waals surface area contributed by atoms with Gasteiger partial charge in [0.1, 0.15) is 12.2 Å². The molecule has 0 amide bonds. The summed E-state index contributed by atoms with van der Waals surface area (Å²) in [6.07, 6.45) is 0. The van der Waals surface area contributed by atoms with Crippen LogP contribution in [-0.4, -0.2) is 14.1 Å². The number of benzene rings is 3. The molecule has 0 radical (unpaired) electrons. The molecule has 0 spiro atoms. The van der Waals surface area contributed by atoms with E-state index >= 15 is 0 Å². The lowest BCUT2D eigenvalue weighted by molar-refractivity contribution is 0.393. The molecule has 0 aliphatic carbocycles. The minimum absolute atomic E-state index is 0.856. The van der Waals surface area contributed by atoms with E-state index in [-0.39, 0.29) is 0 Å². The lowest BCUT2D eigenvalue weighted by atomic mass is 10.0. The molecule has 0 unspecified atom stereocenters. The molecule has 0 heterocycles. The van der Waals surface area contributed by atoms with E-state index in [1.54, 1.807) is 0 Å². The van der Waals surface area contributed by atoms with E-state index in [4.69, 9.17) is 0 Å². The first-order chi connectivity index (χ1) is 9.67. The highest BCUT2D eigenvalue weighted by atomic mass is 15.3. The SMILES string of the molecule is C[N+](C)(Cc1cccc2ccccc12)c1ccccc1. The van der Waals surface area contributed by atoms with Gasteiger partial charge in [0.05, 0.1) is 14.1 Å². The second-order valence-electron chi connectivity index (χ2n) is 5.82. The van der Waals surface area contributed by atoms with Gasteiger partial charge in [0.2, 0.25) is 0 Å². The molecule has 0 aromatic heterocycles. The monoisotopic (exact) mass is 262 g/mol. The molecule has 1 heteroatoms. The van der Waals surface area contributed by atoms with E-state index in [9.17, 15) is 0 Å². The maximum atomic E-state index is 2.26. The van der Waals surface area contributed by atoms with Crippen LogP contribution >= 0.6 is 0 Å². The zero-order chi connectivity index (χ0) is 14.0. The summed E-state index contributed by atoms with van der Waals surface area (Å²) in [5.41, 5.74) is 2.73. The second kappa shape index (κ2) is 5.10. The number of nitrogens with zero attached hydrogens (tertiary/aromatic N) is 1. The third-order valence-corrected chi connectivity index (χ3v) is 3.90. The molecule has 20 heavy (non-hydrogen) atoms. The van der Waals surface area contributed by atoms with Crippen molar-refractivity contribution in [1.29, 1.82) is 0 Å². The average molecular weight is 262 g/mol. The number of hydrogen-bond donors (Lipinski definition) is 0. The quantitative estimate of drug-likeness (QED) is 0.605. The third-order valence-electron chi connectivity index (χ3n) is 3.90. The van der Waals surface area contributed by atoms with Crippen LogP contribution in [0.3, 0.4) is 0 Å². The predicted octanol–water partition coefficient (Wildman–Crippen LogP) is 4.61. The molecular formula is C19H20N+. The van der Waals surface area contributed by atoms with Crippen molar-refractivity contribution in [3.63, 3.8) is 0 Å². The van der Waals surface area contributed by atoms with Crippen LogP contribution in [0.4, 0.5) is 5.69 Å². The van der Waals surface area contributed by atoms with E-state index < -0.39 is 0 Å². The fourth-order valence-corrected chi connectivity index (χ4v) is 2.78. The molecule has 0 bridgehead atoms. The number of quaternary nitrogens is 1. The van der Waals surface area contributed by atoms with Gasteiger partial charge in [-0.1, -0.05) is 60.7 Å². The highest BCUT2D eigenvalue weighted by molar-refractivity contribution is 5.85. The molecule has 0 saturated carbocycles. The molecule has 0 N–H and O–H groups in total. The molecule has 0 atom stereocenters. The van der Waals surface area contributed by atoms with Crippen LogP contribution in [0.1, 0.15) is 5.56 Å². The summed E-state index contributed by atoms with van der Waals surface area (Å²) in [6, 6.07) is 25.9. The lowest BCUT2D eigenvalue weighted by Gasteiger charge is -2.29. The van der Waals surface area contributed by atoms with Gasteiger partial charge in [-0.3, -0.25) is 4.48 Å². The summed E-state index contributed by atoms with van der Waals surface area (Å²) in [7, 11) is 4.52.